The Morgan fingerprint density at radius 2 is 0.608 bits per heavy atom. The summed E-state index contributed by atoms with van der Waals surface area (Å²) in [5.41, 5.74) is 0. The van der Waals surface area contributed by atoms with E-state index < -0.39 is 97.5 Å². The van der Waals surface area contributed by atoms with Crippen molar-refractivity contribution in [1.29, 1.82) is 0 Å². The largest absolute Gasteiger partial charge is 0.472 e. The second-order valence-corrected chi connectivity index (χ2v) is 31.0. The van der Waals surface area contributed by atoms with Gasteiger partial charge in [0.25, 0.3) is 0 Å². The highest BCUT2D eigenvalue weighted by Crippen LogP contribution is 2.45. The van der Waals surface area contributed by atoms with E-state index in [9.17, 15) is 43.2 Å². The third kappa shape index (κ3) is 70.4. The Balaban J connectivity index is 5.28. The van der Waals surface area contributed by atoms with Crippen LogP contribution < -0.4 is 0 Å². The van der Waals surface area contributed by atoms with Crippen molar-refractivity contribution < 1.29 is 80.2 Å². The lowest BCUT2D eigenvalue weighted by Crippen LogP contribution is -2.30. The monoisotopic (exact) mass is 1420 g/mol. The standard InChI is InChI=1S/C78H148O17P2/c1-7-10-12-14-16-18-20-21-22-26-31-37-43-49-55-61-76(81)89-67-74(94-77(82)62-56-50-44-38-32-27-24-23-25-30-35-41-47-53-59-71(6)9-3)69-93-97(86,87)91-65-72(79)64-90-96(84,85)92-68-73(66-88-75(80)60-54-48-42-36-19-17-15-13-11-8-2)95-78(83)63-57-51-45-39-33-28-29-34-40-46-52-58-70(4)5/h18,20-22,70-74,79H,7-17,19,23-69H2,1-6H3,(H,84,85)(H,86,87)/b20-18-,22-21-/t71?,72-,73+,74+/m0/s1. The van der Waals surface area contributed by atoms with Gasteiger partial charge in [0, 0.05) is 25.7 Å². The molecule has 0 radical (unpaired) electrons. The number of rotatable bonds is 75. The summed E-state index contributed by atoms with van der Waals surface area (Å²) >= 11 is 0. The first-order valence-electron chi connectivity index (χ1n) is 39.8. The summed E-state index contributed by atoms with van der Waals surface area (Å²) in [6, 6.07) is 0. The van der Waals surface area contributed by atoms with E-state index in [-0.39, 0.29) is 25.7 Å². The maximum Gasteiger partial charge on any atom is 0.472 e. The Kier molecular flexibility index (Phi) is 67.5. The predicted molar refractivity (Wildman–Crippen MR) is 395 cm³/mol. The van der Waals surface area contributed by atoms with Crippen molar-refractivity contribution in [2.24, 2.45) is 11.8 Å². The van der Waals surface area contributed by atoms with Gasteiger partial charge >= 0.3 is 39.5 Å². The van der Waals surface area contributed by atoms with E-state index in [4.69, 9.17) is 37.0 Å². The van der Waals surface area contributed by atoms with E-state index >= 15 is 0 Å². The summed E-state index contributed by atoms with van der Waals surface area (Å²) in [5, 5.41) is 10.6. The van der Waals surface area contributed by atoms with Gasteiger partial charge in [0.15, 0.2) is 12.2 Å². The minimum Gasteiger partial charge on any atom is -0.462 e. The fourth-order valence-corrected chi connectivity index (χ4v) is 13.0. The molecule has 0 fully saturated rings. The number of ether oxygens (including phenoxy) is 4. The quantitative estimate of drug-likeness (QED) is 0.0169. The minimum atomic E-state index is -4.97. The average molecular weight is 1420 g/mol. The van der Waals surface area contributed by atoms with Crippen LogP contribution in [-0.4, -0.2) is 96.7 Å². The lowest BCUT2D eigenvalue weighted by atomic mass is 9.99. The molecule has 0 saturated heterocycles. The van der Waals surface area contributed by atoms with Gasteiger partial charge < -0.3 is 33.8 Å². The molecule has 0 rings (SSSR count). The Labute approximate surface area is 592 Å². The summed E-state index contributed by atoms with van der Waals surface area (Å²) in [5.74, 6) is -0.535. The summed E-state index contributed by atoms with van der Waals surface area (Å²) in [4.78, 5) is 72.9. The van der Waals surface area contributed by atoms with Crippen LogP contribution in [0.4, 0.5) is 0 Å². The van der Waals surface area contributed by atoms with E-state index in [0.29, 0.717) is 25.7 Å². The van der Waals surface area contributed by atoms with Crippen LogP contribution >= 0.6 is 15.6 Å². The molecule has 3 N–H and O–H groups in total. The third-order valence-electron chi connectivity index (χ3n) is 17.9. The molecule has 6 atom stereocenters. The molecular weight excluding hydrogens is 1270 g/mol. The average Bonchev–Trinajstić information content (AvgIpc) is 1.52. The van der Waals surface area contributed by atoms with Gasteiger partial charge in [0.2, 0.25) is 0 Å². The number of esters is 4. The molecule has 0 saturated carbocycles. The van der Waals surface area contributed by atoms with Gasteiger partial charge in [-0.2, -0.15) is 0 Å². The zero-order valence-corrected chi connectivity index (χ0v) is 64.7. The molecule has 0 spiro atoms. The Morgan fingerprint density at radius 3 is 0.928 bits per heavy atom. The molecule has 0 amide bonds. The molecule has 0 heterocycles. The van der Waals surface area contributed by atoms with E-state index in [1.807, 2.05) is 0 Å². The van der Waals surface area contributed by atoms with Gasteiger partial charge in [0.05, 0.1) is 26.4 Å². The first-order chi connectivity index (χ1) is 46.9. The van der Waals surface area contributed by atoms with E-state index in [1.165, 1.54) is 180 Å². The molecule has 97 heavy (non-hydrogen) atoms. The number of aliphatic hydroxyl groups is 1. The van der Waals surface area contributed by atoms with Crippen molar-refractivity contribution in [1.82, 2.24) is 0 Å². The second-order valence-electron chi connectivity index (χ2n) is 28.1. The molecule has 0 aliphatic heterocycles. The summed E-state index contributed by atoms with van der Waals surface area (Å²) in [6.07, 6.45) is 60.3. The number of aliphatic hydroxyl groups excluding tert-OH is 1. The molecule has 19 heteroatoms. The number of allylic oxidation sites excluding steroid dienone is 4. The highest BCUT2D eigenvalue weighted by atomic mass is 31.2. The zero-order chi connectivity index (χ0) is 71.4. The van der Waals surface area contributed by atoms with Crippen molar-refractivity contribution in [3.63, 3.8) is 0 Å². The van der Waals surface area contributed by atoms with Crippen LogP contribution in [-0.2, 0) is 65.4 Å². The Hall–Kier alpha value is -2.46. The highest BCUT2D eigenvalue weighted by Gasteiger charge is 2.30. The van der Waals surface area contributed by atoms with Gasteiger partial charge in [-0.05, 0) is 63.2 Å². The van der Waals surface area contributed by atoms with Gasteiger partial charge in [0.1, 0.15) is 19.3 Å². The molecule has 0 aliphatic carbocycles. The number of unbranched alkanes of at least 4 members (excludes halogenated alkanes) is 41. The molecule has 0 bridgehead atoms. The van der Waals surface area contributed by atoms with Crippen LogP contribution in [0.25, 0.3) is 0 Å². The molecule has 3 unspecified atom stereocenters. The molecule has 0 aromatic carbocycles. The number of hydrogen-bond acceptors (Lipinski definition) is 15. The van der Waals surface area contributed by atoms with Crippen LogP contribution in [0.5, 0.6) is 0 Å². The summed E-state index contributed by atoms with van der Waals surface area (Å²) < 4.78 is 68.5. The van der Waals surface area contributed by atoms with Gasteiger partial charge in [-0.15, -0.1) is 0 Å². The van der Waals surface area contributed by atoms with Crippen LogP contribution in [0.3, 0.4) is 0 Å². The summed E-state index contributed by atoms with van der Waals surface area (Å²) in [6.45, 7) is 9.59. The van der Waals surface area contributed by atoms with Gasteiger partial charge in [-0.1, -0.05) is 329 Å². The molecule has 0 aromatic rings. The molecule has 17 nitrogen and oxygen atoms in total. The number of phosphoric ester groups is 2. The maximum absolute atomic E-state index is 13.1. The van der Waals surface area contributed by atoms with Crippen molar-refractivity contribution in [2.75, 3.05) is 39.6 Å². The topological polar surface area (TPSA) is 237 Å². The maximum atomic E-state index is 13.1. The number of hydrogen-bond donors (Lipinski definition) is 3. The third-order valence-corrected chi connectivity index (χ3v) is 19.8. The van der Waals surface area contributed by atoms with Crippen molar-refractivity contribution >= 4 is 39.5 Å². The van der Waals surface area contributed by atoms with E-state index in [1.54, 1.807) is 0 Å². The number of carbonyl (C=O) groups is 4. The molecular formula is C78H148O17P2. The first kappa shape index (κ1) is 94.5. The smallest absolute Gasteiger partial charge is 0.462 e. The number of carbonyl (C=O) groups excluding carboxylic acids is 4. The fraction of sp³-hybridized carbons (Fsp3) is 0.897. The number of phosphoric acid groups is 2. The lowest BCUT2D eigenvalue weighted by Gasteiger charge is -2.21. The van der Waals surface area contributed by atoms with Crippen LogP contribution in [0.1, 0.15) is 382 Å². The normalized spacial score (nSPS) is 14.4. The van der Waals surface area contributed by atoms with Crippen LogP contribution in [0, 0.1) is 11.8 Å². The van der Waals surface area contributed by atoms with Crippen molar-refractivity contribution in [2.45, 2.75) is 400 Å². The SMILES string of the molecule is CCCCCC/C=C\C=C/CCCCCCCC(=O)OC[C@H](COP(=O)(O)OC[C@@H](O)COP(=O)(O)OC[C@@H](COC(=O)CCCCCCCCCCCC)OC(=O)CCCCCCCCCCCCCC(C)C)OC(=O)CCCCCCCCCCCCCCCCC(C)CC. The molecule has 0 aliphatic rings. The summed E-state index contributed by atoms with van der Waals surface area (Å²) in [7, 11) is -9.93. The molecule has 0 aromatic heterocycles. The van der Waals surface area contributed by atoms with Crippen molar-refractivity contribution in [3.05, 3.63) is 24.3 Å². The van der Waals surface area contributed by atoms with E-state index in [2.05, 4.69) is 65.8 Å². The lowest BCUT2D eigenvalue weighted by molar-refractivity contribution is -0.161. The Bertz CT molecular complexity index is 1970. The molecule has 572 valence electrons. The second kappa shape index (κ2) is 69.3. The van der Waals surface area contributed by atoms with Crippen LogP contribution in [0.2, 0.25) is 0 Å². The predicted octanol–water partition coefficient (Wildman–Crippen LogP) is 22.7. The van der Waals surface area contributed by atoms with Gasteiger partial charge in [-0.25, -0.2) is 9.13 Å². The zero-order valence-electron chi connectivity index (χ0n) is 62.9. The first-order valence-corrected chi connectivity index (χ1v) is 42.8. The Morgan fingerprint density at radius 1 is 0.340 bits per heavy atom. The minimum absolute atomic E-state index is 0.101. The highest BCUT2D eigenvalue weighted by molar-refractivity contribution is 7.47. The van der Waals surface area contributed by atoms with E-state index in [0.717, 1.165) is 121 Å². The van der Waals surface area contributed by atoms with Gasteiger partial charge in [-0.3, -0.25) is 37.3 Å². The fourth-order valence-electron chi connectivity index (χ4n) is 11.4. The van der Waals surface area contributed by atoms with Crippen LogP contribution in [0.15, 0.2) is 24.3 Å². The van der Waals surface area contributed by atoms with Crippen molar-refractivity contribution in [3.8, 4) is 0 Å².